The maximum absolute atomic E-state index is 12.6. The van der Waals surface area contributed by atoms with Gasteiger partial charge in [0.25, 0.3) is 5.91 Å². The normalized spacial score (nSPS) is 12.0. The van der Waals surface area contributed by atoms with Gasteiger partial charge in [-0.1, -0.05) is 19.1 Å². The Morgan fingerprint density at radius 3 is 2.43 bits per heavy atom. The Kier molecular flexibility index (Phi) is 4.68. The number of aryl methyl sites for hydroxylation is 1. The van der Waals surface area contributed by atoms with Gasteiger partial charge in [0.05, 0.1) is 25.0 Å². The van der Waals surface area contributed by atoms with Gasteiger partial charge < -0.3 is 14.1 Å². The van der Waals surface area contributed by atoms with Crippen LogP contribution in [0.2, 0.25) is 0 Å². The maximum atomic E-state index is 12.6. The summed E-state index contributed by atoms with van der Waals surface area (Å²) in [6, 6.07) is 9.57. The molecule has 1 atom stereocenters. The van der Waals surface area contributed by atoms with Crippen molar-refractivity contribution < 1.29 is 13.9 Å². The predicted molar refractivity (Wildman–Crippen MR) is 81.6 cm³/mol. The third kappa shape index (κ3) is 3.10. The number of amides is 1. The highest BCUT2D eigenvalue weighted by Crippen LogP contribution is 2.27. The van der Waals surface area contributed by atoms with E-state index in [4.69, 9.17) is 9.15 Å². The Morgan fingerprint density at radius 2 is 1.95 bits per heavy atom. The van der Waals surface area contributed by atoms with Gasteiger partial charge in [0.2, 0.25) is 0 Å². The first-order valence-electron chi connectivity index (χ1n) is 7.03. The van der Waals surface area contributed by atoms with Crippen molar-refractivity contribution in [3.05, 3.63) is 53.5 Å². The number of rotatable bonds is 5. The van der Waals surface area contributed by atoms with Crippen molar-refractivity contribution in [2.75, 3.05) is 14.2 Å². The molecule has 0 N–H and O–H groups in total. The van der Waals surface area contributed by atoms with Gasteiger partial charge in [-0.3, -0.25) is 4.79 Å². The van der Waals surface area contributed by atoms with Crippen LogP contribution in [0, 0.1) is 6.92 Å². The molecule has 4 heteroatoms. The van der Waals surface area contributed by atoms with E-state index in [1.165, 1.54) is 0 Å². The number of carbonyl (C=O) groups is 1. The number of carbonyl (C=O) groups excluding carboxylic acids is 1. The quantitative estimate of drug-likeness (QED) is 0.839. The van der Waals surface area contributed by atoms with Crippen LogP contribution in [0.15, 0.2) is 41.0 Å². The van der Waals surface area contributed by atoms with E-state index in [-0.39, 0.29) is 11.9 Å². The molecule has 0 aliphatic carbocycles. The fraction of sp³-hybridized carbons (Fsp3) is 0.353. The molecule has 0 saturated carbocycles. The first kappa shape index (κ1) is 15.2. The van der Waals surface area contributed by atoms with Crippen LogP contribution in [0.1, 0.15) is 41.1 Å². The highest BCUT2D eigenvalue weighted by Gasteiger charge is 2.23. The number of furan rings is 1. The monoisotopic (exact) mass is 287 g/mol. The summed E-state index contributed by atoms with van der Waals surface area (Å²) in [5, 5.41) is 0. The van der Waals surface area contributed by atoms with E-state index in [1.807, 2.05) is 31.3 Å². The van der Waals surface area contributed by atoms with Gasteiger partial charge in [-0.15, -0.1) is 0 Å². The lowest BCUT2D eigenvalue weighted by atomic mass is 10.0. The SMILES string of the molecule is CC[C@@H](c1ccc(OC)cc1)N(C)C(=O)c1ccoc1C. The van der Waals surface area contributed by atoms with Crippen LogP contribution >= 0.6 is 0 Å². The number of hydrogen-bond donors (Lipinski definition) is 0. The van der Waals surface area contributed by atoms with E-state index in [0.717, 1.165) is 17.7 Å². The Morgan fingerprint density at radius 1 is 1.29 bits per heavy atom. The van der Waals surface area contributed by atoms with Crippen LogP contribution < -0.4 is 4.74 Å². The average molecular weight is 287 g/mol. The van der Waals surface area contributed by atoms with Crippen molar-refractivity contribution in [2.24, 2.45) is 0 Å². The molecule has 1 heterocycles. The van der Waals surface area contributed by atoms with Crippen molar-refractivity contribution in [2.45, 2.75) is 26.3 Å². The summed E-state index contributed by atoms with van der Waals surface area (Å²) in [5.41, 5.74) is 1.71. The summed E-state index contributed by atoms with van der Waals surface area (Å²) in [4.78, 5) is 14.3. The first-order chi connectivity index (χ1) is 10.1. The molecule has 0 saturated heterocycles. The zero-order chi connectivity index (χ0) is 15.4. The molecule has 4 nitrogen and oxygen atoms in total. The molecule has 0 radical (unpaired) electrons. The second-order valence-corrected chi connectivity index (χ2v) is 5.00. The van der Waals surface area contributed by atoms with E-state index in [9.17, 15) is 4.79 Å². The summed E-state index contributed by atoms with van der Waals surface area (Å²) < 4.78 is 10.4. The number of nitrogens with zero attached hydrogens (tertiary/aromatic N) is 1. The number of hydrogen-bond acceptors (Lipinski definition) is 3. The van der Waals surface area contributed by atoms with Crippen molar-refractivity contribution >= 4 is 5.91 Å². The zero-order valence-electron chi connectivity index (χ0n) is 12.9. The molecule has 2 rings (SSSR count). The summed E-state index contributed by atoms with van der Waals surface area (Å²) in [7, 11) is 3.47. The summed E-state index contributed by atoms with van der Waals surface area (Å²) in [6.45, 7) is 3.87. The molecule has 0 bridgehead atoms. The van der Waals surface area contributed by atoms with Gasteiger partial charge in [-0.25, -0.2) is 0 Å². The standard InChI is InChI=1S/C17H21NO3/c1-5-16(13-6-8-14(20-4)9-7-13)18(3)17(19)15-10-11-21-12(15)2/h6-11,16H,5H2,1-4H3/t16-/m0/s1. The zero-order valence-corrected chi connectivity index (χ0v) is 12.9. The van der Waals surface area contributed by atoms with Gasteiger partial charge in [-0.05, 0) is 37.1 Å². The Bertz CT molecular complexity index is 601. The van der Waals surface area contributed by atoms with E-state index in [1.54, 1.807) is 31.3 Å². The Balaban J connectivity index is 2.23. The van der Waals surface area contributed by atoms with Gasteiger partial charge in [0.15, 0.2) is 0 Å². The maximum Gasteiger partial charge on any atom is 0.257 e. The molecule has 0 spiro atoms. The molecular weight excluding hydrogens is 266 g/mol. The van der Waals surface area contributed by atoms with Crippen molar-refractivity contribution in [1.29, 1.82) is 0 Å². The molecule has 112 valence electrons. The van der Waals surface area contributed by atoms with Gasteiger partial charge >= 0.3 is 0 Å². The van der Waals surface area contributed by atoms with Crippen LogP contribution in [0.25, 0.3) is 0 Å². The van der Waals surface area contributed by atoms with Crippen LogP contribution in [0.4, 0.5) is 0 Å². The fourth-order valence-electron chi connectivity index (χ4n) is 2.50. The van der Waals surface area contributed by atoms with Crippen molar-refractivity contribution in [3.63, 3.8) is 0 Å². The second kappa shape index (κ2) is 6.48. The van der Waals surface area contributed by atoms with E-state index in [2.05, 4.69) is 6.92 Å². The molecule has 0 unspecified atom stereocenters. The first-order valence-corrected chi connectivity index (χ1v) is 7.03. The van der Waals surface area contributed by atoms with Crippen molar-refractivity contribution in [1.82, 2.24) is 4.90 Å². The third-order valence-electron chi connectivity index (χ3n) is 3.76. The minimum atomic E-state index is -0.0241. The Labute approximate surface area is 125 Å². The molecular formula is C17H21NO3. The smallest absolute Gasteiger partial charge is 0.257 e. The molecule has 1 aromatic carbocycles. The van der Waals surface area contributed by atoms with Gasteiger partial charge in [-0.2, -0.15) is 0 Å². The number of methoxy groups -OCH3 is 1. The molecule has 1 amide bonds. The van der Waals surface area contributed by atoms with Crippen molar-refractivity contribution in [3.8, 4) is 5.75 Å². The molecule has 1 aromatic heterocycles. The van der Waals surface area contributed by atoms with E-state index >= 15 is 0 Å². The molecule has 2 aromatic rings. The van der Waals surface area contributed by atoms with Crippen LogP contribution in [0.5, 0.6) is 5.75 Å². The minimum Gasteiger partial charge on any atom is -0.497 e. The summed E-state index contributed by atoms with van der Waals surface area (Å²) in [6.07, 6.45) is 2.39. The minimum absolute atomic E-state index is 0.0241. The number of ether oxygens (including phenoxy) is 1. The third-order valence-corrected chi connectivity index (χ3v) is 3.76. The molecule has 0 aliphatic rings. The van der Waals surface area contributed by atoms with E-state index in [0.29, 0.717) is 11.3 Å². The molecule has 21 heavy (non-hydrogen) atoms. The van der Waals surface area contributed by atoms with Crippen LogP contribution in [0.3, 0.4) is 0 Å². The van der Waals surface area contributed by atoms with E-state index < -0.39 is 0 Å². The lowest BCUT2D eigenvalue weighted by Gasteiger charge is -2.27. The lowest BCUT2D eigenvalue weighted by Crippen LogP contribution is -2.31. The summed E-state index contributed by atoms with van der Waals surface area (Å²) in [5.74, 6) is 1.44. The average Bonchev–Trinajstić information content (AvgIpc) is 2.94. The van der Waals surface area contributed by atoms with Crippen LogP contribution in [-0.4, -0.2) is 25.0 Å². The topological polar surface area (TPSA) is 42.7 Å². The highest BCUT2D eigenvalue weighted by molar-refractivity contribution is 5.95. The Hall–Kier alpha value is -2.23. The largest absolute Gasteiger partial charge is 0.497 e. The second-order valence-electron chi connectivity index (χ2n) is 5.00. The molecule has 0 fully saturated rings. The van der Waals surface area contributed by atoms with Gasteiger partial charge in [0, 0.05) is 7.05 Å². The predicted octanol–water partition coefficient (Wildman–Crippen LogP) is 3.82. The fourth-order valence-corrected chi connectivity index (χ4v) is 2.50. The van der Waals surface area contributed by atoms with Gasteiger partial charge in [0.1, 0.15) is 11.5 Å². The lowest BCUT2D eigenvalue weighted by molar-refractivity contribution is 0.0724. The summed E-state index contributed by atoms with van der Waals surface area (Å²) >= 11 is 0. The molecule has 0 aliphatic heterocycles. The number of benzene rings is 1. The van der Waals surface area contributed by atoms with Crippen LogP contribution in [-0.2, 0) is 0 Å². The highest BCUT2D eigenvalue weighted by atomic mass is 16.5.